The Hall–Kier alpha value is -1.46. The first-order valence-electron chi connectivity index (χ1n) is 10.1. The summed E-state index contributed by atoms with van der Waals surface area (Å²) in [7, 11) is 0. The standard InChI is InChI=1S/C21H32FN3O/c1-2-23-12-14-24(15-13-23)17-21(26)25-11-5-6-18(16-25)9-10-19-7-3-4-8-20(19)22/h3-4,7-8,18H,2,5-6,9-17H2,1H3/t18-/m0/s1. The molecule has 0 radical (unpaired) electrons. The number of piperazine rings is 1. The molecular weight excluding hydrogens is 329 g/mol. The predicted molar refractivity (Wildman–Crippen MR) is 103 cm³/mol. The summed E-state index contributed by atoms with van der Waals surface area (Å²) >= 11 is 0. The van der Waals surface area contributed by atoms with E-state index in [4.69, 9.17) is 0 Å². The maximum Gasteiger partial charge on any atom is 0.236 e. The normalized spacial score (nSPS) is 22.5. The van der Waals surface area contributed by atoms with Gasteiger partial charge in [-0.1, -0.05) is 25.1 Å². The first-order chi connectivity index (χ1) is 12.7. The monoisotopic (exact) mass is 361 g/mol. The number of piperidine rings is 1. The maximum atomic E-state index is 13.8. The van der Waals surface area contributed by atoms with Crippen molar-refractivity contribution in [2.45, 2.75) is 32.6 Å². The number of amides is 1. The van der Waals surface area contributed by atoms with Crippen molar-refractivity contribution in [3.63, 3.8) is 0 Å². The fourth-order valence-electron chi connectivity index (χ4n) is 4.14. The zero-order chi connectivity index (χ0) is 18.4. The van der Waals surface area contributed by atoms with Crippen molar-refractivity contribution in [1.29, 1.82) is 0 Å². The average molecular weight is 362 g/mol. The van der Waals surface area contributed by atoms with Gasteiger partial charge in [-0.05, 0) is 49.8 Å². The molecule has 144 valence electrons. The van der Waals surface area contributed by atoms with E-state index >= 15 is 0 Å². The quantitative estimate of drug-likeness (QED) is 0.779. The molecule has 1 atom stereocenters. The van der Waals surface area contributed by atoms with Gasteiger partial charge in [0.1, 0.15) is 5.82 Å². The van der Waals surface area contributed by atoms with E-state index < -0.39 is 0 Å². The summed E-state index contributed by atoms with van der Waals surface area (Å²) in [6, 6.07) is 7.04. The van der Waals surface area contributed by atoms with E-state index in [0.717, 1.165) is 77.1 Å². The largest absolute Gasteiger partial charge is 0.341 e. The molecule has 4 nitrogen and oxygen atoms in total. The van der Waals surface area contributed by atoms with Crippen LogP contribution < -0.4 is 0 Å². The second kappa shape index (κ2) is 9.47. The van der Waals surface area contributed by atoms with Gasteiger partial charge in [-0.2, -0.15) is 0 Å². The fourth-order valence-corrected chi connectivity index (χ4v) is 4.14. The van der Waals surface area contributed by atoms with Gasteiger partial charge >= 0.3 is 0 Å². The van der Waals surface area contributed by atoms with Gasteiger partial charge in [0, 0.05) is 39.3 Å². The van der Waals surface area contributed by atoms with Crippen LogP contribution in [0.2, 0.25) is 0 Å². The molecule has 2 saturated heterocycles. The Labute approximate surface area is 157 Å². The van der Waals surface area contributed by atoms with Gasteiger partial charge in [-0.25, -0.2) is 4.39 Å². The molecule has 26 heavy (non-hydrogen) atoms. The number of rotatable bonds is 6. The Bertz CT molecular complexity index is 586. The van der Waals surface area contributed by atoms with Crippen LogP contribution in [0.15, 0.2) is 24.3 Å². The van der Waals surface area contributed by atoms with Crippen LogP contribution in [0.1, 0.15) is 31.7 Å². The van der Waals surface area contributed by atoms with Crippen molar-refractivity contribution < 1.29 is 9.18 Å². The molecule has 3 rings (SSSR count). The SMILES string of the molecule is CCN1CCN(CC(=O)N2CCC[C@@H](CCc3ccccc3F)C2)CC1. The van der Waals surface area contributed by atoms with Gasteiger partial charge in [0.15, 0.2) is 0 Å². The van der Waals surface area contributed by atoms with E-state index in [1.807, 2.05) is 17.0 Å². The van der Waals surface area contributed by atoms with Crippen LogP contribution in [0.4, 0.5) is 4.39 Å². The molecule has 2 aliphatic heterocycles. The third-order valence-electron chi connectivity index (χ3n) is 5.92. The van der Waals surface area contributed by atoms with Gasteiger partial charge in [0.25, 0.3) is 0 Å². The van der Waals surface area contributed by atoms with Crippen molar-refractivity contribution in [2.24, 2.45) is 5.92 Å². The van der Waals surface area contributed by atoms with Crippen LogP contribution in [-0.4, -0.2) is 73.0 Å². The Morgan fingerprint density at radius 3 is 2.58 bits per heavy atom. The van der Waals surface area contributed by atoms with Crippen LogP contribution >= 0.6 is 0 Å². The molecule has 0 spiro atoms. The molecule has 5 heteroatoms. The van der Waals surface area contributed by atoms with E-state index in [0.29, 0.717) is 12.5 Å². The van der Waals surface area contributed by atoms with Crippen molar-refractivity contribution >= 4 is 5.91 Å². The highest BCUT2D eigenvalue weighted by atomic mass is 19.1. The lowest BCUT2D eigenvalue weighted by molar-refractivity contribution is -0.134. The lowest BCUT2D eigenvalue weighted by Crippen LogP contribution is -2.51. The third-order valence-corrected chi connectivity index (χ3v) is 5.92. The first kappa shape index (κ1) is 19.3. The summed E-state index contributed by atoms with van der Waals surface area (Å²) in [6.45, 7) is 9.66. The minimum absolute atomic E-state index is 0.109. The van der Waals surface area contributed by atoms with Gasteiger partial charge in [-0.3, -0.25) is 9.69 Å². The highest BCUT2D eigenvalue weighted by Crippen LogP contribution is 2.22. The molecule has 1 aromatic rings. The zero-order valence-corrected chi connectivity index (χ0v) is 16.0. The topological polar surface area (TPSA) is 26.8 Å². The lowest BCUT2D eigenvalue weighted by Gasteiger charge is -2.37. The second-order valence-electron chi connectivity index (χ2n) is 7.69. The van der Waals surface area contributed by atoms with Crippen molar-refractivity contribution in [3.8, 4) is 0 Å². The molecule has 1 amide bonds. The van der Waals surface area contributed by atoms with E-state index in [2.05, 4.69) is 16.7 Å². The molecule has 2 fully saturated rings. The number of nitrogens with zero attached hydrogens (tertiary/aromatic N) is 3. The fraction of sp³-hybridized carbons (Fsp3) is 0.667. The summed E-state index contributed by atoms with van der Waals surface area (Å²) in [5.74, 6) is 0.650. The van der Waals surface area contributed by atoms with Gasteiger partial charge in [0.05, 0.1) is 6.54 Å². The molecule has 1 aromatic carbocycles. The predicted octanol–water partition coefficient (Wildman–Crippen LogP) is 2.63. The van der Waals surface area contributed by atoms with Crippen molar-refractivity contribution in [1.82, 2.24) is 14.7 Å². The van der Waals surface area contributed by atoms with E-state index in [1.165, 1.54) is 6.07 Å². The Kier molecular flexibility index (Phi) is 7.03. The van der Waals surface area contributed by atoms with E-state index in [-0.39, 0.29) is 11.7 Å². The van der Waals surface area contributed by atoms with Gasteiger partial charge < -0.3 is 9.80 Å². The molecule has 2 aliphatic rings. The number of hydrogen-bond acceptors (Lipinski definition) is 3. The molecule has 0 aliphatic carbocycles. The molecule has 0 N–H and O–H groups in total. The number of carbonyl (C=O) groups is 1. The van der Waals surface area contributed by atoms with Gasteiger partial charge in [0.2, 0.25) is 5.91 Å². The van der Waals surface area contributed by atoms with Crippen LogP contribution in [0.3, 0.4) is 0 Å². The average Bonchev–Trinajstić information content (AvgIpc) is 2.68. The number of likely N-dealkylation sites (tertiary alicyclic amines) is 1. The summed E-state index contributed by atoms with van der Waals surface area (Å²) in [5.41, 5.74) is 0.796. The van der Waals surface area contributed by atoms with Crippen LogP contribution in [0.5, 0.6) is 0 Å². The van der Waals surface area contributed by atoms with Crippen molar-refractivity contribution in [2.75, 3.05) is 52.4 Å². The van der Waals surface area contributed by atoms with Crippen LogP contribution in [0.25, 0.3) is 0 Å². The number of halogens is 1. The Balaban J connectivity index is 1.44. The molecule has 0 bridgehead atoms. The highest BCUT2D eigenvalue weighted by molar-refractivity contribution is 5.78. The lowest BCUT2D eigenvalue weighted by atomic mass is 9.91. The number of carbonyl (C=O) groups excluding carboxylic acids is 1. The minimum atomic E-state index is -0.109. The number of hydrogen-bond donors (Lipinski definition) is 0. The molecular formula is C21H32FN3O. The van der Waals surface area contributed by atoms with Crippen LogP contribution in [0, 0.1) is 11.7 Å². The number of aryl methyl sites for hydroxylation is 1. The van der Waals surface area contributed by atoms with Crippen molar-refractivity contribution in [3.05, 3.63) is 35.6 Å². The summed E-state index contributed by atoms with van der Waals surface area (Å²) in [6.07, 6.45) is 3.93. The maximum absolute atomic E-state index is 13.8. The Morgan fingerprint density at radius 2 is 1.85 bits per heavy atom. The third kappa shape index (κ3) is 5.27. The molecule has 2 heterocycles. The van der Waals surface area contributed by atoms with E-state index in [1.54, 1.807) is 6.07 Å². The molecule has 0 unspecified atom stereocenters. The number of benzene rings is 1. The Morgan fingerprint density at radius 1 is 1.12 bits per heavy atom. The molecule has 0 saturated carbocycles. The second-order valence-corrected chi connectivity index (χ2v) is 7.69. The summed E-state index contributed by atoms with van der Waals surface area (Å²) in [5, 5.41) is 0. The van der Waals surface area contributed by atoms with E-state index in [9.17, 15) is 9.18 Å². The number of likely N-dealkylation sites (N-methyl/N-ethyl adjacent to an activating group) is 1. The molecule has 0 aromatic heterocycles. The zero-order valence-electron chi connectivity index (χ0n) is 16.0. The smallest absolute Gasteiger partial charge is 0.236 e. The summed E-state index contributed by atoms with van der Waals surface area (Å²) < 4.78 is 13.8. The first-order valence-corrected chi connectivity index (χ1v) is 10.1. The minimum Gasteiger partial charge on any atom is -0.341 e. The van der Waals surface area contributed by atoms with Gasteiger partial charge in [-0.15, -0.1) is 0 Å². The van der Waals surface area contributed by atoms with Crippen LogP contribution in [-0.2, 0) is 11.2 Å². The highest BCUT2D eigenvalue weighted by Gasteiger charge is 2.26. The summed E-state index contributed by atoms with van der Waals surface area (Å²) in [4.78, 5) is 19.5.